The number of piperidine rings is 1. The number of carbonyl (C=O) groups is 2. The van der Waals surface area contributed by atoms with Crippen LogP contribution in [0.2, 0.25) is 0 Å². The second kappa shape index (κ2) is 12.0. The summed E-state index contributed by atoms with van der Waals surface area (Å²) < 4.78 is 14.8. The molecule has 10 nitrogen and oxygen atoms in total. The molecule has 1 saturated heterocycles. The van der Waals surface area contributed by atoms with Crippen molar-refractivity contribution in [3.05, 3.63) is 94.2 Å². The van der Waals surface area contributed by atoms with Gasteiger partial charge in [-0.3, -0.25) is 24.2 Å². The number of halogens is 1. The molecule has 230 valence electrons. The maximum absolute atomic E-state index is 13.4. The molecule has 2 amide bonds. The van der Waals surface area contributed by atoms with Gasteiger partial charge < -0.3 is 16.0 Å². The van der Waals surface area contributed by atoms with E-state index in [1.165, 1.54) is 35.1 Å². The van der Waals surface area contributed by atoms with E-state index in [1.54, 1.807) is 19.2 Å². The Labute approximate surface area is 259 Å². The number of benzene rings is 3. The first-order valence-corrected chi connectivity index (χ1v) is 14.9. The number of aromatic amines is 1. The Morgan fingerprint density at radius 3 is 2.31 bits per heavy atom. The van der Waals surface area contributed by atoms with Crippen LogP contribution in [0.5, 0.6) is 0 Å². The van der Waals surface area contributed by atoms with Gasteiger partial charge in [0.1, 0.15) is 5.82 Å². The molecule has 3 aromatic carbocycles. The monoisotopic (exact) mass is 607 g/mol. The largest absolute Gasteiger partial charge is 0.382 e. The number of H-pyrrole nitrogens is 1. The molecule has 0 bridgehead atoms. The number of rotatable bonds is 6. The number of likely N-dealkylation sites (tertiary alicyclic amines) is 1. The summed E-state index contributed by atoms with van der Waals surface area (Å²) in [6.07, 6.45) is 3.24. The molecular formula is C34H34FN7O3. The average Bonchev–Trinajstić information content (AvgIpc) is 3.42. The van der Waals surface area contributed by atoms with Gasteiger partial charge in [0, 0.05) is 43.5 Å². The van der Waals surface area contributed by atoms with Crippen LogP contribution >= 0.6 is 0 Å². The fourth-order valence-corrected chi connectivity index (χ4v) is 5.98. The molecule has 0 atom stereocenters. The normalized spacial score (nSPS) is 13.8. The quantitative estimate of drug-likeness (QED) is 0.239. The van der Waals surface area contributed by atoms with Crippen LogP contribution < -0.4 is 16.5 Å². The van der Waals surface area contributed by atoms with Gasteiger partial charge >= 0.3 is 0 Å². The Balaban J connectivity index is 1.25. The summed E-state index contributed by atoms with van der Waals surface area (Å²) in [5, 5.41) is 15.0. The van der Waals surface area contributed by atoms with E-state index in [0.717, 1.165) is 53.5 Å². The van der Waals surface area contributed by atoms with Gasteiger partial charge in [-0.25, -0.2) is 4.39 Å². The molecule has 4 N–H and O–H groups in total. The Kier molecular flexibility index (Phi) is 7.92. The fourth-order valence-electron chi connectivity index (χ4n) is 5.98. The minimum absolute atomic E-state index is 0.0153. The molecule has 0 unspecified atom stereocenters. The lowest BCUT2D eigenvalue weighted by atomic mass is 9.86. The first-order valence-electron chi connectivity index (χ1n) is 14.9. The van der Waals surface area contributed by atoms with Gasteiger partial charge in [-0.05, 0) is 77.4 Å². The lowest BCUT2D eigenvalue weighted by Crippen LogP contribution is -2.40. The number of aryl methyl sites for hydroxylation is 1. The van der Waals surface area contributed by atoms with E-state index in [4.69, 9.17) is 5.73 Å². The Morgan fingerprint density at radius 1 is 1.00 bits per heavy atom. The Morgan fingerprint density at radius 2 is 1.64 bits per heavy atom. The molecule has 1 fully saturated rings. The third kappa shape index (κ3) is 5.93. The highest BCUT2D eigenvalue weighted by molar-refractivity contribution is 6.04. The van der Waals surface area contributed by atoms with Gasteiger partial charge in [0.2, 0.25) is 11.3 Å². The van der Waals surface area contributed by atoms with Crippen molar-refractivity contribution in [2.24, 2.45) is 13.0 Å². The summed E-state index contributed by atoms with van der Waals surface area (Å²) in [7, 11) is 1.61. The van der Waals surface area contributed by atoms with E-state index in [0.29, 0.717) is 17.1 Å². The second-order valence-electron chi connectivity index (χ2n) is 11.8. The molecular weight excluding hydrogens is 573 g/mol. The van der Waals surface area contributed by atoms with Crippen LogP contribution in [-0.4, -0.2) is 49.8 Å². The maximum atomic E-state index is 13.4. The average molecular weight is 608 g/mol. The molecule has 0 radical (unpaired) electrons. The molecule has 5 aromatic rings. The van der Waals surface area contributed by atoms with Crippen molar-refractivity contribution >= 4 is 34.2 Å². The van der Waals surface area contributed by atoms with Gasteiger partial charge in [-0.15, -0.1) is 0 Å². The van der Waals surface area contributed by atoms with Crippen LogP contribution in [0, 0.1) is 11.7 Å². The fraction of sp³-hybridized carbons (Fsp3) is 0.265. The lowest BCUT2D eigenvalue weighted by molar-refractivity contribution is -0.135. The molecule has 0 saturated carbocycles. The number of anilines is 2. The van der Waals surface area contributed by atoms with E-state index >= 15 is 0 Å². The van der Waals surface area contributed by atoms with Crippen LogP contribution in [0.25, 0.3) is 33.2 Å². The number of amides is 2. The molecule has 2 aromatic heterocycles. The zero-order valence-electron chi connectivity index (χ0n) is 25.3. The second-order valence-corrected chi connectivity index (χ2v) is 11.8. The molecule has 45 heavy (non-hydrogen) atoms. The summed E-state index contributed by atoms with van der Waals surface area (Å²) >= 11 is 0. The highest BCUT2D eigenvalue weighted by atomic mass is 19.1. The highest BCUT2D eigenvalue weighted by Crippen LogP contribution is 2.38. The van der Waals surface area contributed by atoms with Crippen LogP contribution in [0.3, 0.4) is 0 Å². The first kappa shape index (κ1) is 29.7. The van der Waals surface area contributed by atoms with Crippen molar-refractivity contribution in [2.75, 3.05) is 24.1 Å². The van der Waals surface area contributed by atoms with Crippen molar-refractivity contribution in [3.63, 3.8) is 0 Å². The van der Waals surface area contributed by atoms with Crippen LogP contribution in [0.1, 0.15) is 48.7 Å². The Hall–Kier alpha value is -5.32. The van der Waals surface area contributed by atoms with Gasteiger partial charge in [0.05, 0.1) is 10.9 Å². The molecule has 0 spiro atoms. The number of hydrogen-bond acceptors (Lipinski definition) is 6. The predicted molar refractivity (Wildman–Crippen MR) is 172 cm³/mol. The van der Waals surface area contributed by atoms with Crippen LogP contribution in [-0.2, 0) is 11.8 Å². The number of nitrogens with one attached hydrogen (secondary N) is 2. The Bertz CT molecular complexity index is 1960. The third-order valence-electron chi connectivity index (χ3n) is 8.34. The van der Waals surface area contributed by atoms with Gasteiger partial charge in [-0.2, -0.15) is 10.2 Å². The molecule has 11 heteroatoms. The van der Waals surface area contributed by atoms with Crippen LogP contribution in [0.4, 0.5) is 15.9 Å². The van der Waals surface area contributed by atoms with Crippen molar-refractivity contribution in [3.8, 4) is 22.3 Å². The van der Waals surface area contributed by atoms with E-state index in [2.05, 4.69) is 32.7 Å². The van der Waals surface area contributed by atoms with E-state index in [-0.39, 0.29) is 29.0 Å². The summed E-state index contributed by atoms with van der Waals surface area (Å²) in [5.41, 5.74) is 10.4. The standard InChI is InChI=1S/C34H34FN7O3/c1-19(2)34(45)42-14-12-20(13-15-42)23-16-26(29-28(17-23)38-39-32(29)36)21-6-10-25(11-7-21)37-33(44)30-31(43)27(18-41(3)40-30)22-4-8-24(35)9-5-22/h4-11,16-20H,12-15H2,1-3H3,(H,37,44)(H3,36,38,39). The first-order chi connectivity index (χ1) is 21.6. The van der Waals surface area contributed by atoms with E-state index in [1.807, 2.05) is 30.9 Å². The number of fused-ring (bicyclic) bond motifs is 1. The van der Waals surface area contributed by atoms with Gasteiger partial charge in [0.25, 0.3) is 5.91 Å². The number of nitrogens with two attached hydrogens (primary N) is 1. The summed E-state index contributed by atoms with van der Waals surface area (Å²) in [6, 6.07) is 17.0. The lowest BCUT2D eigenvalue weighted by Gasteiger charge is -2.33. The molecule has 1 aliphatic heterocycles. The number of nitrogen functional groups attached to an aromatic ring is 1. The summed E-state index contributed by atoms with van der Waals surface area (Å²) in [5.74, 6) is -0.224. The van der Waals surface area contributed by atoms with E-state index < -0.39 is 17.2 Å². The van der Waals surface area contributed by atoms with Gasteiger partial charge in [0.15, 0.2) is 11.5 Å². The SMILES string of the molecule is CC(C)C(=O)N1CCC(c2cc(-c3ccc(NC(=O)c4nn(C)cc(-c5ccc(F)cc5)c4=O)cc3)c3c(N)n[nH]c3c2)CC1. The van der Waals surface area contributed by atoms with Gasteiger partial charge in [-0.1, -0.05) is 38.1 Å². The van der Waals surface area contributed by atoms with Crippen LogP contribution in [0.15, 0.2) is 71.7 Å². The summed E-state index contributed by atoms with van der Waals surface area (Å²) in [6.45, 7) is 5.30. The molecule has 3 heterocycles. The minimum atomic E-state index is -0.655. The zero-order valence-corrected chi connectivity index (χ0v) is 25.3. The smallest absolute Gasteiger partial charge is 0.280 e. The predicted octanol–water partition coefficient (Wildman–Crippen LogP) is 5.33. The van der Waals surface area contributed by atoms with Crippen molar-refractivity contribution < 1.29 is 14.0 Å². The minimum Gasteiger partial charge on any atom is -0.382 e. The molecule has 0 aliphatic carbocycles. The zero-order chi connectivity index (χ0) is 31.8. The number of carbonyl (C=O) groups excluding carboxylic acids is 2. The van der Waals surface area contributed by atoms with Crippen molar-refractivity contribution in [2.45, 2.75) is 32.6 Å². The van der Waals surface area contributed by atoms with Crippen molar-refractivity contribution in [1.82, 2.24) is 24.9 Å². The highest BCUT2D eigenvalue weighted by Gasteiger charge is 2.26. The topological polar surface area (TPSA) is 139 Å². The molecule has 1 aliphatic rings. The number of hydrogen-bond donors (Lipinski definition) is 3. The third-order valence-corrected chi connectivity index (χ3v) is 8.34. The number of nitrogens with zero attached hydrogens (tertiary/aromatic N) is 4. The van der Waals surface area contributed by atoms with E-state index in [9.17, 15) is 18.8 Å². The van der Waals surface area contributed by atoms with Crippen molar-refractivity contribution in [1.29, 1.82) is 0 Å². The summed E-state index contributed by atoms with van der Waals surface area (Å²) in [4.78, 5) is 40.8. The molecule has 6 rings (SSSR count). The number of aromatic nitrogens is 4. The maximum Gasteiger partial charge on any atom is 0.280 e.